The van der Waals surface area contributed by atoms with Gasteiger partial charge in [0, 0.05) is 0 Å². The SMILES string of the molecule is C=CCC[C@H]1CC[C@H]([C@H]2CC[C@H](c3cc(F)c(C(F)(F)F)c(F)c3)CC2)CC1. The van der Waals surface area contributed by atoms with E-state index in [2.05, 4.69) is 6.58 Å². The van der Waals surface area contributed by atoms with Gasteiger partial charge in [0.15, 0.2) is 0 Å². The topological polar surface area (TPSA) is 0 Å². The zero-order chi connectivity index (χ0) is 20.3. The van der Waals surface area contributed by atoms with E-state index in [0.717, 1.165) is 56.1 Å². The maximum Gasteiger partial charge on any atom is 0.422 e. The van der Waals surface area contributed by atoms with Crippen molar-refractivity contribution < 1.29 is 22.0 Å². The van der Waals surface area contributed by atoms with E-state index in [9.17, 15) is 22.0 Å². The number of rotatable bonds is 5. The summed E-state index contributed by atoms with van der Waals surface area (Å²) in [5.41, 5.74) is -1.41. The third kappa shape index (κ3) is 4.96. The highest BCUT2D eigenvalue weighted by Gasteiger charge is 2.39. The number of allylic oxidation sites excluding steroid dienone is 1. The van der Waals surface area contributed by atoms with Crippen molar-refractivity contribution in [3.63, 3.8) is 0 Å². The second-order valence-corrected chi connectivity index (χ2v) is 8.62. The van der Waals surface area contributed by atoms with Gasteiger partial charge >= 0.3 is 6.18 Å². The van der Waals surface area contributed by atoms with Crippen LogP contribution < -0.4 is 0 Å². The summed E-state index contributed by atoms with van der Waals surface area (Å²) >= 11 is 0. The number of benzene rings is 1. The first kappa shape index (κ1) is 21.3. The molecule has 0 radical (unpaired) electrons. The van der Waals surface area contributed by atoms with E-state index in [0.29, 0.717) is 11.5 Å². The average Bonchev–Trinajstić information content (AvgIpc) is 2.65. The highest BCUT2D eigenvalue weighted by molar-refractivity contribution is 5.30. The average molecular weight is 400 g/mol. The molecule has 0 aromatic heterocycles. The smallest absolute Gasteiger partial charge is 0.206 e. The maximum atomic E-state index is 13.9. The fraction of sp³-hybridized carbons (Fsp3) is 0.652. The Kier molecular flexibility index (Phi) is 6.82. The zero-order valence-corrected chi connectivity index (χ0v) is 16.2. The summed E-state index contributed by atoms with van der Waals surface area (Å²) < 4.78 is 66.0. The van der Waals surface area contributed by atoms with E-state index in [-0.39, 0.29) is 5.92 Å². The van der Waals surface area contributed by atoms with Gasteiger partial charge < -0.3 is 0 Å². The van der Waals surface area contributed by atoms with Gasteiger partial charge in [-0.05, 0) is 92.7 Å². The standard InChI is InChI=1S/C23H29F5/c1-2-3-4-15-5-7-16(8-6-15)17-9-11-18(12-10-17)19-13-20(24)22(21(25)14-19)23(26,27)28/h2,13-18H,1,3-12H2/t15-,16-,17-,18-. The second-order valence-electron chi connectivity index (χ2n) is 8.62. The van der Waals surface area contributed by atoms with Gasteiger partial charge in [-0.15, -0.1) is 6.58 Å². The van der Waals surface area contributed by atoms with Gasteiger partial charge in [-0.2, -0.15) is 13.2 Å². The Morgan fingerprint density at radius 3 is 1.82 bits per heavy atom. The molecule has 2 aliphatic carbocycles. The molecular weight excluding hydrogens is 371 g/mol. The molecule has 1 aromatic rings. The lowest BCUT2D eigenvalue weighted by Crippen LogP contribution is -2.25. The van der Waals surface area contributed by atoms with Gasteiger partial charge in [0.1, 0.15) is 17.2 Å². The second kappa shape index (κ2) is 8.96. The Labute approximate surface area is 164 Å². The summed E-state index contributed by atoms with van der Waals surface area (Å²) in [4.78, 5) is 0. The van der Waals surface area contributed by atoms with Crippen molar-refractivity contribution in [3.05, 3.63) is 47.5 Å². The quantitative estimate of drug-likeness (QED) is 0.347. The van der Waals surface area contributed by atoms with Crippen molar-refractivity contribution in [1.82, 2.24) is 0 Å². The first-order valence-electron chi connectivity index (χ1n) is 10.5. The predicted molar refractivity (Wildman–Crippen MR) is 101 cm³/mol. The summed E-state index contributed by atoms with van der Waals surface area (Å²) in [5, 5.41) is 0. The van der Waals surface area contributed by atoms with Crippen LogP contribution in [0, 0.1) is 29.4 Å². The molecule has 3 rings (SSSR count). The largest absolute Gasteiger partial charge is 0.422 e. The fourth-order valence-corrected chi connectivity index (χ4v) is 5.33. The molecule has 0 amide bonds. The molecule has 5 heteroatoms. The molecule has 2 aliphatic rings. The van der Waals surface area contributed by atoms with E-state index in [4.69, 9.17) is 0 Å². The van der Waals surface area contributed by atoms with Crippen molar-refractivity contribution in [3.8, 4) is 0 Å². The van der Waals surface area contributed by atoms with Gasteiger partial charge in [-0.1, -0.05) is 18.9 Å². The Morgan fingerprint density at radius 1 is 0.857 bits per heavy atom. The lowest BCUT2D eigenvalue weighted by molar-refractivity contribution is -0.142. The molecular formula is C23H29F5. The molecule has 156 valence electrons. The molecule has 0 aliphatic heterocycles. The van der Waals surface area contributed by atoms with E-state index in [1.807, 2.05) is 6.08 Å². The number of hydrogen-bond acceptors (Lipinski definition) is 0. The fourth-order valence-electron chi connectivity index (χ4n) is 5.33. The third-order valence-corrected chi connectivity index (χ3v) is 6.93. The monoisotopic (exact) mass is 400 g/mol. The van der Waals surface area contributed by atoms with Crippen molar-refractivity contribution >= 4 is 0 Å². The lowest BCUT2D eigenvalue weighted by atomic mass is 9.68. The van der Waals surface area contributed by atoms with Crippen molar-refractivity contribution in [1.29, 1.82) is 0 Å². The van der Waals surface area contributed by atoms with Crippen molar-refractivity contribution in [2.75, 3.05) is 0 Å². The minimum absolute atomic E-state index is 0.0496. The molecule has 1 aromatic carbocycles. The lowest BCUT2D eigenvalue weighted by Gasteiger charge is -2.38. The van der Waals surface area contributed by atoms with Crippen LogP contribution in [0.1, 0.15) is 81.3 Å². The maximum absolute atomic E-state index is 13.9. The minimum Gasteiger partial charge on any atom is -0.206 e. The zero-order valence-electron chi connectivity index (χ0n) is 16.2. The van der Waals surface area contributed by atoms with Gasteiger partial charge in [-0.25, -0.2) is 8.78 Å². The van der Waals surface area contributed by atoms with Crippen LogP contribution in [0.2, 0.25) is 0 Å². The first-order valence-corrected chi connectivity index (χ1v) is 10.5. The van der Waals surface area contributed by atoms with Crippen LogP contribution in [0.5, 0.6) is 0 Å². The first-order chi connectivity index (χ1) is 13.3. The molecule has 28 heavy (non-hydrogen) atoms. The van der Waals surface area contributed by atoms with Crippen LogP contribution in [0.3, 0.4) is 0 Å². The number of halogens is 5. The molecule has 0 nitrogen and oxygen atoms in total. The van der Waals surface area contributed by atoms with Crippen molar-refractivity contribution in [2.45, 2.75) is 76.3 Å². The molecule has 0 N–H and O–H groups in total. The molecule has 0 bridgehead atoms. The molecule has 2 saturated carbocycles. The van der Waals surface area contributed by atoms with Gasteiger partial charge in [0.05, 0.1) is 0 Å². The summed E-state index contributed by atoms with van der Waals surface area (Å²) in [7, 11) is 0. The number of hydrogen-bond donors (Lipinski definition) is 0. The highest BCUT2D eigenvalue weighted by Crippen LogP contribution is 2.45. The van der Waals surface area contributed by atoms with Crippen LogP contribution >= 0.6 is 0 Å². The predicted octanol–water partition coefficient (Wildman–Crippen LogP) is 8.03. The summed E-state index contributed by atoms with van der Waals surface area (Å²) in [6.07, 6.45) is 7.93. The van der Waals surface area contributed by atoms with E-state index in [1.54, 1.807) is 0 Å². The van der Waals surface area contributed by atoms with Crippen molar-refractivity contribution in [2.24, 2.45) is 17.8 Å². The van der Waals surface area contributed by atoms with E-state index >= 15 is 0 Å². The Bertz CT molecular complexity index is 639. The number of alkyl halides is 3. The van der Waals surface area contributed by atoms with Crippen LogP contribution in [-0.4, -0.2) is 0 Å². The van der Waals surface area contributed by atoms with E-state index in [1.165, 1.54) is 32.1 Å². The molecule has 2 fully saturated rings. The Balaban J connectivity index is 1.55. The molecule has 0 heterocycles. The van der Waals surface area contributed by atoms with Crippen LogP contribution in [0.4, 0.5) is 22.0 Å². The molecule has 0 spiro atoms. The highest BCUT2D eigenvalue weighted by atomic mass is 19.4. The Morgan fingerprint density at radius 2 is 1.36 bits per heavy atom. The van der Waals surface area contributed by atoms with Crippen LogP contribution in [0.25, 0.3) is 0 Å². The summed E-state index contributed by atoms with van der Waals surface area (Å²) in [5.74, 6) is -0.872. The molecule has 0 unspecified atom stereocenters. The molecule has 0 saturated heterocycles. The van der Waals surface area contributed by atoms with Gasteiger partial charge in [-0.3, -0.25) is 0 Å². The van der Waals surface area contributed by atoms with E-state index < -0.39 is 23.4 Å². The third-order valence-electron chi connectivity index (χ3n) is 6.93. The Hall–Kier alpha value is -1.39. The van der Waals surface area contributed by atoms with Crippen LogP contribution in [-0.2, 0) is 6.18 Å². The normalized spacial score (nSPS) is 28.9. The van der Waals surface area contributed by atoms with Crippen LogP contribution in [0.15, 0.2) is 24.8 Å². The minimum atomic E-state index is -5.01. The summed E-state index contributed by atoms with van der Waals surface area (Å²) in [6, 6.07) is 1.78. The van der Waals surface area contributed by atoms with Gasteiger partial charge in [0.25, 0.3) is 0 Å². The summed E-state index contributed by atoms with van der Waals surface area (Å²) in [6.45, 7) is 3.79. The van der Waals surface area contributed by atoms with Gasteiger partial charge in [0.2, 0.25) is 0 Å². The molecule has 0 atom stereocenters.